The van der Waals surface area contributed by atoms with Gasteiger partial charge < -0.3 is 24.8 Å². The number of guanidine groups is 1. The van der Waals surface area contributed by atoms with Gasteiger partial charge in [-0.25, -0.2) is 8.42 Å². The van der Waals surface area contributed by atoms with E-state index in [0.717, 1.165) is 24.1 Å². The van der Waals surface area contributed by atoms with Crippen molar-refractivity contribution < 1.29 is 22.6 Å². The molecule has 11 heteroatoms. The molecule has 1 heterocycles. The standard InChI is InChI=1S/C20H34N4O5S.HI/c1-21-20(22-8-5-11-28-15-14-27-2)23-16-18-6-3-4-7-19(18)17-30(25,26)24-9-12-29-13-10-24;/h3-4,6-7H,5,8-17H2,1-2H3,(H2,21,22,23);1H. The molecular formula is C20H35IN4O5S. The van der Waals surface area contributed by atoms with Gasteiger partial charge >= 0.3 is 0 Å². The molecule has 1 aromatic rings. The third-order valence-electron chi connectivity index (χ3n) is 4.68. The van der Waals surface area contributed by atoms with E-state index in [0.29, 0.717) is 58.6 Å². The van der Waals surface area contributed by atoms with Crippen molar-refractivity contribution in [3.63, 3.8) is 0 Å². The van der Waals surface area contributed by atoms with E-state index in [1.165, 1.54) is 4.31 Å². The first-order chi connectivity index (χ1) is 14.6. The largest absolute Gasteiger partial charge is 0.382 e. The highest BCUT2D eigenvalue weighted by Gasteiger charge is 2.25. The second-order valence-corrected chi connectivity index (χ2v) is 8.82. The number of hydrogen-bond donors (Lipinski definition) is 2. The van der Waals surface area contributed by atoms with Crippen molar-refractivity contribution in [1.82, 2.24) is 14.9 Å². The van der Waals surface area contributed by atoms with Gasteiger partial charge in [-0.05, 0) is 17.5 Å². The first kappa shape index (κ1) is 28.0. The maximum Gasteiger partial charge on any atom is 0.218 e. The number of sulfonamides is 1. The molecule has 1 aliphatic rings. The van der Waals surface area contributed by atoms with Crippen molar-refractivity contribution in [1.29, 1.82) is 0 Å². The molecule has 0 bridgehead atoms. The molecule has 0 atom stereocenters. The number of rotatable bonds is 12. The van der Waals surface area contributed by atoms with Crippen LogP contribution in [0.1, 0.15) is 17.5 Å². The van der Waals surface area contributed by atoms with Crippen LogP contribution in [0.25, 0.3) is 0 Å². The van der Waals surface area contributed by atoms with Gasteiger partial charge in [-0.15, -0.1) is 24.0 Å². The Hall–Kier alpha value is -0.990. The number of benzene rings is 1. The summed E-state index contributed by atoms with van der Waals surface area (Å²) in [5.74, 6) is 0.646. The van der Waals surface area contributed by atoms with Crippen LogP contribution >= 0.6 is 24.0 Å². The van der Waals surface area contributed by atoms with Crippen LogP contribution in [-0.4, -0.2) is 85.5 Å². The van der Waals surface area contributed by atoms with E-state index in [4.69, 9.17) is 14.2 Å². The fourth-order valence-electron chi connectivity index (χ4n) is 3.01. The molecule has 2 N–H and O–H groups in total. The van der Waals surface area contributed by atoms with Crippen molar-refractivity contribution in [2.24, 2.45) is 4.99 Å². The van der Waals surface area contributed by atoms with Crippen molar-refractivity contribution in [2.45, 2.75) is 18.7 Å². The Kier molecular flexibility index (Phi) is 14.3. The summed E-state index contributed by atoms with van der Waals surface area (Å²) in [6.45, 7) is 4.76. The van der Waals surface area contributed by atoms with Crippen LogP contribution in [0.4, 0.5) is 0 Å². The molecule has 1 fully saturated rings. The van der Waals surface area contributed by atoms with Crippen molar-refractivity contribution in [3.8, 4) is 0 Å². The molecule has 0 saturated carbocycles. The predicted octanol–water partition coefficient (Wildman–Crippen LogP) is 1.18. The van der Waals surface area contributed by atoms with Gasteiger partial charge in [0, 0.05) is 46.9 Å². The van der Waals surface area contributed by atoms with Crippen LogP contribution in [0.2, 0.25) is 0 Å². The lowest BCUT2D eigenvalue weighted by atomic mass is 10.1. The lowest BCUT2D eigenvalue weighted by molar-refractivity contribution is 0.0698. The van der Waals surface area contributed by atoms with Crippen LogP contribution in [0.3, 0.4) is 0 Å². The summed E-state index contributed by atoms with van der Waals surface area (Å²) in [7, 11) is -0.0163. The van der Waals surface area contributed by atoms with Gasteiger partial charge in [0.15, 0.2) is 5.96 Å². The first-order valence-electron chi connectivity index (χ1n) is 10.2. The minimum Gasteiger partial charge on any atom is -0.382 e. The monoisotopic (exact) mass is 570 g/mol. The molecule has 0 aliphatic carbocycles. The maximum atomic E-state index is 12.8. The number of ether oxygens (including phenoxy) is 3. The van der Waals surface area contributed by atoms with Gasteiger partial charge in [-0.3, -0.25) is 4.99 Å². The summed E-state index contributed by atoms with van der Waals surface area (Å²) in [6.07, 6.45) is 0.846. The molecule has 178 valence electrons. The van der Waals surface area contributed by atoms with E-state index >= 15 is 0 Å². The minimum absolute atomic E-state index is 0. The molecule has 0 spiro atoms. The molecule has 31 heavy (non-hydrogen) atoms. The molecule has 9 nitrogen and oxygen atoms in total. The van der Waals surface area contributed by atoms with Crippen molar-refractivity contribution >= 4 is 40.0 Å². The van der Waals surface area contributed by atoms with E-state index in [1.54, 1.807) is 14.2 Å². The number of aliphatic imine (C=N–C) groups is 1. The molecule has 2 rings (SSSR count). The Morgan fingerprint density at radius 2 is 1.84 bits per heavy atom. The molecule has 0 radical (unpaired) electrons. The summed E-state index contributed by atoms with van der Waals surface area (Å²) in [4.78, 5) is 4.22. The average Bonchev–Trinajstić information content (AvgIpc) is 2.76. The fourth-order valence-corrected chi connectivity index (χ4v) is 4.57. The molecule has 0 unspecified atom stereocenters. The number of hydrogen-bond acceptors (Lipinski definition) is 6. The lowest BCUT2D eigenvalue weighted by Gasteiger charge is -2.26. The highest BCUT2D eigenvalue weighted by Crippen LogP contribution is 2.16. The van der Waals surface area contributed by atoms with Crippen LogP contribution in [0, 0.1) is 0 Å². The lowest BCUT2D eigenvalue weighted by Crippen LogP contribution is -2.41. The van der Waals surface area contributed by atoms with Crippen molar-refractivity contribution in [3.05, 3.63) is 35.4 Å². The Balaban J connectivity index is 0.00000480. The smallest absolute Gasteiger partial charge is 0.218 e. The highest BCUT2D eigenvalue weighted by atomic mass is 127. The van der Waals surface area contributed by atoms with E-state index in [2.05, 4.69) is 15.6 Å². The Morgan fingerprint density at radius 3 is 2.52 bits per heavy atom. The summed E-state index contributed by atoms with van der Waals surface area (Å²) >= 11 is 0. The normalized spacial score (nSPS) is 15.4. The number of morpholine rings is 1. The SMILES string of the molecule is CN=C(NCCCOCCOC)NCc1ccccc1CS(=O)(=O)N1CCOCC1.I. The minimum atomic E-state index is -3.37. The molecule has 1 aliphatic heterocycles. The van der Waals surface area contributed by atoms with Gasteiger partial charge in [0.1, 0.15) is 0 Å². The van der Waals surface area contributed by atoms with Gasteiger partial charge in [-0.2, -0.15) is 4.31 Å². The van der Waals surface area contributed by atoms with Gasteiger partial charge in [0.25, 0.3) is 0 Å². The molecular weight excluding hydrogens is 535 g/mol. The van der Waals surface area contributed by atoms with E-state index in [-0.39, 0.29) is 29.7 Å². The summed E-state index contributed by atoms with van der Waals surface area (Å²) in [5, 5.41) is 6.49. The third-order valence-corrected chi connectivity index (χ3v) is 6.51. The molecule has 1 aromatic carbocycles. The van der Waals surface area contributed by atoms with Crippen LogP contribution in [-0.2, 0) is 36.5 Å². The number of nitrogens with one attached hydrogen (secondary N) is 2. The quantitative estimate of drug-likeness (QED) is 0.169. The number of methoxy groups -OCH3 is 1. The second-order valence-electron chi connectivity index (χ2n) is 6.85. The summed E-state index contributed by atoms with van der Waals surface area (Å²) in [5.41, 5.74) is 1.72. The van der Waals surface area contributed by atoms with E-state index in [9.17, 15) is 8.42 Å². The first-order valence-corrected chi connectivity index (χ1v) is 11.8. The van der Waals surface area contributed by atoms with Gasteiger partial charge in [0.2, 0.25) is 10.0 Å². The number of halogens is 1. The van der Waals surface area contributed by atoms with E-state index < -0.39 is 10.0 Å². The second kappa shape index (κ2) is 15.8. The Morgan fingerprint density at radius 1 is 1.13 bits per heavy atom. The number of nitrogens with zero attached hydrogens (tertiary/aromatic N) is 2. The predicted molar refractivity (Wildman–Crippen MR) is 132 cm³/mol. The fraction of sp³-hybridized carbons (Fsp3) is 0.650. The zero-order valence-corrected chi connectivity index (χ0v) is 21.5. The molecule has 0 amide bonds. The Labute approximate surface area is 203 Å². The average molecular weight is 570 g/mol. The molecule has 0 aromatic heterocycles. The zero-order chi connectivity index (χ0) is 21.7. The topological polar surface area (TPSA) is 101 Å². The van der Waals surface area contributed by atoms with Crippen LogP contribution in [0.5, 0.6) is 0 Å². The third kappa shape index (κ3) is 10.4. The van der Waals surface area contributed by atoms with E-state index in [1.807, 2.05) is 24.3 Å². The zero-order valence-electron chi connectivity index (χ0n) is 18.3. The van der Waals surface area contributed by atoms with Crippen LogP contribution < -0.4 is 10.6 Å². The van der Waals surface area contributed by atoms with Crippen molar-refractivity contribution in [2.75, 3.05) is 66.8 Å². The van der Waals surface area contributed by atoms with Crippen LogP contribution in [0.15, 0.2) is 29.3 Å². The summed E-state index contributed by atoms with van der Waals surface area (Å²) in [6, 6.07) is 7.58. The molecule has 1 saturated heterocycles. The summed E-state index contributed by atoms with van der Waals surface area (Å²) < 4.78 is 42.7. The highest BCUT2D eigenvalue weighted by molar-refractivity contribution is 14.0. The van der Waals surface area contributed by atoms with Gasteiger partial charge in [0.05, 0.1) is 32.2 Å². The van der Waals surface area contributed by atoms with Gasteiger partial charge in [-0.1, -0.05) is 24.3 Å². The maximum absolute atomic E-state index is 12.8. The Bertz CT molecular complexity index is 758.